The monoisotopic (exact) mass is 306 g/mol. The highest BCUT2D eigenvalue weighted by molar-refractivity contribution is 7.13. The van der Waals surface area contributed by atoms with E-state index in [2.05, 4.69) is 17.2 Å². The average Bonchev–Trinajstić information content (AvgIpc) is 2.97. The van der Waals surface area contributed by atoms with Crippen LogP contribution in [0.2, 0.25) is 0 Å². The van der Waals surface area contributed by atoms with E-state index < -0.39 is 0 Å². The molecule has 0 saturated heterocycles. The summed E-state index contributed by atoms with van der Waals surface area (Å²) in [5.41, 5.74) is 2.60. The van der Waals surface area contributed by atoms with Gasteiger partial charge in [-0.3, -0.25) is 4.79 Å². The van der Waals surface area contributed by atoms with Crippen LogP contribution < -0.4 is 5.32 Å². The van der Waals surface area contributed by atoms with Crippen molar-refractivity contribution in [1.29, 1.82) is 0 Å². The number of hydrogen-bond donors (Lipinski definition) is 1. The molecule has 0 aliphatic heterocycles. The lowest BCUT2D eigenvalue weighted by Gasteiger charge is -2.04. The number of thiazole rings is 1. The van der Waals surface area contributed by atoms with Crippen molar-refractivity contribution >= 4 is 28.8 Å². The minimum Gasteiger partial charge on any atom is -0.349 e. The van der Waals surface area contributed by atoms with Crippen LogP contribution in [0.5, 0.6) is 0 Å². The molecule has 2 aromatic rings. The van der Waals surface area contributed by atoms with Crippen LogP contribution >= 0.6 is 22.9 Å². The van der Waals surface area contributed by atoms with Gasteiger partial charge in [0, 0.05) is 22.5 Å². The van der Waals surface area contributed by atoms with Gasteiger partial charge in [-0.2, -0.15) is 0 Å². The number of nitrogens with one attached hydrogen (secondary N) is 1. The molecule has 1 fully saturated rings. The Morgan fingerprint density at radius 2 is 2.15 bits per heavy atom. The lowest BCUT2D eigenvalue weighted by atomic mass is 10.1. The lowest BCUT2D eigenvalue weighted by molar-refractivity contribution is 0.0949. The molecule has 1 heterocycles. The number of alkyl halides is 1. The lowest BCUT2D eigenvalue weighted by Crippen LogP contribution is -2.26. The van der Waals surface area contributed by atoms with Crippen LogP contribution in [0.15, 0.2) is 29.6 Å². The van der Waals surface area contributed by atoms with Gasteiger partial charge in [0.15, 0.2) is 0 Å². The molecule has 2 unspecified atom stereocenters. The predicted molar refractivity (Wildman–Crippen MR) is 82.1 cm³/mol. The van der Waals surface area contributed by atoms with E-state index in [1.54, 1.807) is 11.3 Å². The Balaban J connectivity index is 1.72. The van der Waals surface area contributed by atoms with Crippen LogP contribution in [0.4, 0.5) is 0 Å². The first-order chi connectivity index (χ1) is 9.67. The number of halogens is 1. The van der Waals surface area contributed by atoms with E-state index in [4.69, 9.17) is 11.6 Å². The molecular formula is C15H15ClN2OS. The maximum atomic E-state index is 12.0. The molecule has 2 atom stereocenters. The molecule has 1 amide bonds. The maximum Gasteiger partial charge on any atom is 0.251 e. The smallest absolute Gasteiger partial charge is 0.251 e. The number of carbonyl (C=O) groups is 1. The highest BCUT2D eigenvalue weighted by Crippen LogP contribution is 2.29. The number of amides is 1. The predicted octanol–water partition coefficient (Wildman–Crippen LogP) is 3.69. The second-order valence-electron chi connectivity index (χ2n) is 5.15. The van der Waals surface area contributed by atoms with Gasteiger partial charge >= 0.3 is 0 Å². The molecule has 5 heteroatoms. The third kappa shape index (κ3) is 2.86. The summed E-state index contributed by atoms with van der Waals surface area (Å²) in [5.74, 6) is 1.05. The number of nitrogens with zero attached hydrogens (tertiary/aromatic N) is 1. The standard InChI is InChI=1S/C15H15ClN2OS/c1-9-6-13(9)18-14(19)10-2-4-11(5-3-10)15-17-12(7-16)8-20-15/h2-5,8-9,13H,6-7H2,1H3,(H,18,19). The van der Waals surface area contributed by atoms with Crippen molar-refractivity contribution in [2.24, 2.45) is 5.92 Å². The third-order valence-corrected chi connectivity index (χ3v) is 4.72. The summed E-state index contributed by atoms with van der Waals surface area (Å²) in [7, 11) is 0. The number of benzene rings is 1. The quantitative estimate of drug-likeness (QED) is 0.875. The van der Waals surface area contributed by atoms with Crippen molar-refractivity contribution in [2.75, 3.05) is 0 Å². The number of carbonyl (C=O) groups excluding carboxylic acids is 1. The molecule has 1 aliphatic carbocycles. The molecule has 20 heavy (non-hydrogen) atoms. The van der Waals surface area contributed by atoms with E-state index in [0.29, 0.717) is 23.4 Å². The third-order valence-electron chi connectivity index (χ3n) is 3.51. The normalized spacial score (nSPS) is 20.7. The van der Waals surface area contributed by atoms with Crippen molar-refractivity contribution in [1.82, 2.24) is 10.3 Å². The second-order valence-corrected chi connectivity index (χ2v) is 6.27. The van der Waals surface area contributed by atoms with E-state index in [1.165, 1.54) is 0 Å². The number of rotatable bonds is 4. The maximum absolute atomic E-state index is 12.0. The first kappa shape index (κ1) is 13.6. The Bertz CT molecular complexity index is 623. The van der Waals surface area contributed by atoms with Crippen molar-refractivity contribution in [3.63, 3.8) is 0 Å². The SMILES string of the molecule is CC1CC1NC(=O)c1ccc(-c2nc(CCl)cs2)cc1. The zero-order valence-corrected chi connectivity index (χ0v) is 12.7. The Morgan fingerprint density at radius 3 is 2.70 bits per heavy atom. The molecule has 0 radical (unpaired) electrons. The fourth-order valence-corrected chi connectivity index (χ4v) is 3.09. The number of aromatic nitrogens is 1. The van der Waals surface area contributed by atoms with Gasteiger partial charge in [-0.25, -0.2) is 4.98 Å². The van der Waals surface area contributed by atoms with E-state index in [1.807, 2.05) is 29.6 Å². The van der Waals surface area contributed by atoms with Crippen LogP contribution in [0.3, 0.4) is 0 Å². The second kappa shape index (κ2) is 5.54. The Kier molecular flexibility index (Phi) is 3.76. The van der Waals surface area contributed by atoms with Crippen molar-refractivity contribution < 1.29 is 4.79 Å². The van der Waals surface area contributed by atoms with Crippen molar-refractivity contribution in [3.8, 4) is 10.6 Å². The van der Waals surface area contributed by atoms with Gasteiger partial charge in [-0.1, -0.05) is 19.1 Å². The summed E-state index contributed by atoms with van der Waals surface area (Å²) in [6.45, 7) is 2.14. The molecule has 0 bridgehead atoms. The summed E-state index contributed by atoms with van der Waals surface area (Å²) in [6.07, 6.45) is 1.09. The highest BCUT2D eigenvalue weighted by Gasteiger charge is 2.33. The van der Waals surface area contributed by atoms with Gasteiger partial charge in [0.1, 0.15) is 5.01 Å². The first-order valence-corrected chi connectivity index (χ1v) is 8.00. The summed E-state index contributed by atoms with van der Waals surface area (Å²) in [4.78, 5) is 16.4. The van der Waals surface area contributed by atoms with Crippen LogP contribution in [0.1, 0.15) is 29.4 Å². The first-order valence-electron chi connectivity index (χ1n) is 6.59. The zero-order valence-electron chi connectivity index (χ0n) is 11.1. The largest absolute Gasteiger partial charge is 0.349 e. The summed E-state index contributed by atoms with van der Waals surface area (Å²) in [5, 5.41) is 5.91. The molecular weight excluding hydrogens is 292 g/mol. The van der Waals surface area contributed by atoms with Gasteiger partial charge in [-0.05, 0) is 24.5 Å². The van der Waals surface area contributed by atoms with Gasteiger partial charge in [0.2, 0.25) is 0 Å². The minimum atomic E-state index is 0.00601. The molecule has 1 aromatic carbocycles. The minimum absolute atomic E-state index is 0.00601. The van der Waals surface area contributed by atoms with Gasteiger partial charge in [0.25, 0.3) is 5.91 Å². The van der Waals surface area contributed by atoms with E-state index in [-0.39, 0.29) is 5.91 Å². The fourth-order valence-electron chi connectivity index (χ4n) is 2.04. The number of hydrogen-bond acceptors (Lipinski definition) is 3. The zero-order chi connectivity index (χ0) is 14.1. The summed E-state index contributed by atoms with van der Waals surface area (Å²) >= 11 is 7.32. The molecule has 1 aromatic heterocycles. The van der Waals surface area contributed by atoms with Crippen molar-refractivity contribution in [2.45, 2.75) is 25.3 Å². The molecule has 1 aliphatic rings. The van der Waals surface area contributed by atoms with Crippen LogP contribution in [-0.4, -0.2) is 16.9 Å². The van der Waals surface area contributed by atoms with E-state index in [9.17, 15) is 4.79 Å². The van der Waals surface area contributed by atoms with Crippen LogP contribution in [-0.2, 0) is 5.88 Å². The van der Waals surface area contributed by atoms with E-state index >= 15 is 0 Å². The van der Waals surface area contributed by atoms with Gasteiger partial charge in [0.05, 0.1) is 11.6 Å². The molecule has 104 valence electrons. The van der Waals surface area contributed by atoms with E-state index in [0.717, 1.165) is 22.7 Å². The van der Waals surface area contributed by atoms with Crippen molar-refractivity contribution in [3.05, 3.63) is 40.9 Å². The Hall–Kier alpha value is -1.39. The Labute approximate surface area is 127 Å². The topological polar surface area (TPSA) is 42.0 Å². The molecule has 3 rings (SSSR count). The van der Waals surface area contributed by atoms with Gasteiger partial charge < -0.3 is 5.32 Å². The van der Waals surface area contributed by atoms with Crippen LogP contribution in [0, 0.1) is 5.92 Å². The van der Waals surface area contributed by atoms with Crippen LogP contribution in [0.25, 0.3) is 10.6 Å². The molecule has 1 saturated carbocycles. The fraction of sp³-hybridized carbons (Fsp3) is 0.333. The Morgan fingerprint density at radius 1 is 1.45 bits per heavy atom. The van der Waals surface area contributed by atoms with Gasteiger partial charge in [-0.15, -0.1) is 22.9 Å². The highest BCUT2D eigenvalue weighted by atomic mass is 35.5. The molecule has 3 nitrogen and oxygen atoms in total. The molecule has 1 N–H and O–H groups in total. The average molecular weight is 307 g/mol. The summed E-state index contributed by atoms with van der Waals surface area (Å²) < 4.78 is 0. The molecule has 0 spiro atoms. The summed E-state index contributed by atoms with van der Waals surface area (Å²) in [6, 6.07) is 7.91.